The molecule has 0 aliphatic carbocycles. The van der Waals surface area contributed by atoms with Crippen LogP contribution >= 0.6 is 11.3 Å². The van der Waals surface area contributed by atoms with Crippen LogP contribution in [0.15, 0.2) is 48.0 Å². The van der Waals surface area contributed by atoms with Crippen molar-refractivity contribution in [1.82, 2.24) is 4.98 Å². The fourth-order valence-electron chi connectivity index (χ4n) is 2.36. The highest BCUT2D eigenvalue weighted by molar-refractivity contribution is 7.17. The molecule has 1 N–H and O–H groups in total. The summed E-state index contributed by atoms with van der Waals surface area (Å²) in [6.07, 6.45) is 3.38. The van der Waals surface area contributed by atoms with Gasteiger partial charge in [-0.25, -0.2) is 0 Å². The first kappa shape index (κ1) is 13.3. The lowest BCUT2D eigenvalue weighted by molar-refractivity contribution is 0.220. The lowest BCUT2D eigenvalue weighted by atomic mass is 10.0. The van der Waals surface area contributed by atoms with Crippen molar-refractivity contribution in [2.75, 3.05) is 0 Å². The van der Waals surface area contributed by atoms with Crippen LogP contribution in [0.4, 0.5) is 0 Å². The standard InChI is InChI=1S/C17H17NOS/c1-2-3-12-4-6-13(7-5-12)17(19)14-10-16-15(18-11-14)8-9-20-16/h4-11,17,19H,2-3H2,1H3. The Morgan fingerprint density at radius 2 is 1.95 bits per heavy atom. The largest absolute Gasteiger partial charge is 0.384 e. The van der Waals surface area contributed by atoms with Gasteiger partial charge in [0.1, 0.15) is 6.10 Å². The molecule has 0 spiro atoms. The predicted molar refractivity (Wildman–Crippen MR) is 84.1 cm³/mol. The molecule has 1 aromatic carbocycles. The smallest absolute Gasteiger partial charge is 0.106 e. The van der Waals surface area contributed by atoms with Crippen LogP contribution in [0, 0.1) is 0 Å². The van der Waals surface area contributed by atoms with Crippen molar-refractivity contribution in [3.63, 3.8) is 0 Å². The Bertz CT molecular complexity index is 702. The van der Waals surface area contributed by atoms with Gasteiger partial charge in [0.05, 0.1) is 10.2 Å². The van der Waals surface area contributed by atoms with E-state index in [1.165, 1.54) is 5.56 Å². The maximum Gasteiger partial charge on any atom is 0.106 e. The van der Waals surface area contributed by atoms with E-state index in [1.54, 1.807) is 17.5 Å². The minimum atomic E-state index is -0.607. The summed E-state index contributed by atoms with van der Waals surface area (Å²) < 4.78 is 1.11. The number of fused-ring (bicyclic) bond motifs is 1. The van der Waals surface area contributed by atoms with E-state index in [4.69, 9.17) is 0 Å². The van der Waals surface area contributed by atoms with Gasteiger partial charge >= 0.3 is 0 Å². The minimum absolute atomic E-state index is 0.607. The number of aliphatic hydroxyl groups is 1. The highest BCUT2D eigenvalue weighted by atomic mass is 32.1. The number of thiophene rings is 1. The van der Waals surface area contributed by atoms with Crippen molar-refractivity contribution in [3.8, 4) is 0 Å². The van der Waals surface area contributed by atoms with Crippen LogP contribution in [0.3, 0.4) is 0 Å². The van der Waals surface area contributed by atoms with Crippen LogP contribution in [0.1, 0.15) is 36.1 Å². The van der Waals surface area contributed by atoms with E-state index < -0.39 is 6.10 Å². The average Bonchev–Trinajstić information content (AvgIpc) is 2.95. The lowest BCUT2D eigenvalue weighted by Gasteiger charge is -2.12. The third-order valence-electron chi connectivity index (χ3n) is 3.47. The Labute approximate surface area is 122 Å². The Balaban J connectivity index is 1.88. The fraction of sp³-hybridized carbons (Fsp3) is 0.235. The van der Waals surface area contributed by atoms with Crippen LogP contribution in [-0.4, -0.2) is 10.1 Å². The summed E-state index contributed by atoms with van der Waals surface area (Å²) in [5, 5.41) is 12.5. The first-order chi connectivity index (χ1) is 9.78. The van der Waals surface area contributed by atoms with E-state index >= 15 is 0 Å². The molecule has 3 rings (SSSR count). The summed E-state index contributed by atoms with van der Waals surface area (Å²) in [5.41, 5.74) is 4.07. The summed E-state index contributed by atoms with van der Waals surface area (Å²) >= 11 is 1.65. The first-order valence-electron chi connectivity index (χ1n) is 6.88. The van der Waals surface area contributed by atoms with Crippen LogP contribution in [-0.2, 0) is 6.42 Å². The fourth-order valence-corrected chi connectivity index (χ4v) is 3.15. The average molecular weight is 283 g/mol. The van der Waals surface area contributed by atoms with Crippen LogP contribution in [0.5, 0.6) is 0 Å². The molecule has 3 aromatic rings. The van der Waals surface area contributed by atoms with Crippen molar-refractivity contribution in [2.45, 2.75) is 25.9 Å². The SMILES string of the molecule is CCCc1ccc(C(O)c2cnc3ccsc3c2)cc1. The number of aromatic nitrogens is 1. The number of rotatable bonds is 4. The Hall–Kier alpha value is -1.71. The van der Waals surface area contributed by atoms with E-state index in [-0.39, 0.29) is 0 Å². The molecule has 20 heavy (non-hydrogen) atoms. The van der Waals surface area contributed by atoms with Crippen molar-refractivity contribution in [2.24, 2.45) is 0 Å². The predicted octanol–water partition coefficient (Wildman–Crippen LogP) is 4.33. The molecule has 1 unspecified atom stereocenters. The van der Waals surface area contributed by atoms with Crippen molar-refractivity contribution in [3.05, 3.63) is 64.7 Å². The van der Waals surface area contributed by atoms with Gasteiger partial charge in [0.15, 0.2) is 0 Å². The number of aryl methyl sites for hydroxylation is 1. The zero-order valence-electron chi connectivity index (χ0n) is 11.4. The molecule has 102 valence electrons. The molecular formula is C17H17NOS. The number of hydrogen-bond donors (Lipinski definition) is 1. The van der Waals surface area contributed by atoms with E-state index in [0.29, 0.717) is 0 Å². The summed E-state index contributed by atoms with van der Waals surface area (Å²) in [7, 11) is 0. The number of aliphatic hydroxyl groups excluding tert-OH is 1. The Morgan fingerprint density at radius 3 is 2.70 bits per heavy atom. The van der Waals surface area contributed by atoms with Gasteiger partial charge in [0.25, 0.3) is 0 Å². The topological polar surface area (TPSA) is 33.1 Å². The van der Waals surface area contributed by atoms with Crippen LogP contribution in [0.2, 0.25) is 0 Å². The van der Waals surface area contributed by atoms with Crippen molar-refractivity contribution >= 4 is 21.6 Å². The normalized spacial score (nSPS) is 12.7. The van der Waals surface area contributed by atoms with Gasteiger partial charge in [-0.2, -0.15) is 0 Å². The summed E-state index contributed by atoms with van der Waals surface area (Å²) in [4.78, 5) is 4.39. The maximum absolute atomic E-state index is 10.5. The zero-order valence-corrected chi connectivity index (χ0v) is 12.2. The Kier molecular flexibility index (Phi) is 3.81. The van der Waals surface area contributed by atoms with Gasteiger partial charge in [-0.1, -0.05) is 37.6 Å². The van der Waals surface area contributed by atoms with Crippen LogP contribution < -0.4 is 0 Å². The summed E-state index contributed by atoms with van der Waals surface area (Å²) in [6, 6.07) is 12.2. The van der Waals surface area contributed by atoms with E-state index in [1.807, 2.05) is 29.6 Å². The molecule has 0 radical (unpaired) electrons. The van der Waals surface area contributed by atoms with Gasteiger partial charge in [0, 0.05) is 11.8 Å². The molecule has 2 nitrogen and oxygen atoms in total. The van der Waals surface area contributed by atoms with Gasteiger partial charge in [-0.3, -0.25) is 4.98 Å². The van der Waals surface area contributed by atoms with Gasteiger partial charge in [-0.05, 0) is 35.1 Å². The molecule has 1 atom stereocenters. The molecular weight excluding hydrogens is 266 g/mol. The third-order valence-corrected chi connectivity index (χ3v) is 4.33. The molecule has 0 fully saturated rings. The lowest BCUT2D eigenvalue weighted by Crippen LogP contribution is -2.00. The second-order valence-electron chi connectivity index (χ2n) is 4.97. The number of hydrogen-bond acceptors (Lipinski definition) is 3. The molecule has 0 aliphatic heterocycles. The number of pyridine rings is 1. The summed E-state index contributed by atoms with van der Waals surface area (Å²) in [5.74, 6) is 0. The molecule has 2 aromatic heterocycles. The highest BCUT2D eigenvalue weighted by Crippen LogP contribution is 2.26. The van der Waals surface area contributed by atoms with E-state index in [9.17, 15) is 5.11 Å². The molecule has 0 aliphatic rings. The molecule has 2 heterocycles. The first-order valence-corrected chi connectivity index (χ1v) is 7.76. The quantitative estimate of drug-likeness (QED) is 0.773. The maximum atomic E-state index is 10.5. The molecule has 0 saturated carbocycles. The van der Waals surface area contributed by atoms with Crippen LogP contribution in [0.25, 0.3) is 10.2 Å². The van der Waals surface area contributed by atoms with E-state index in [0.717, 1.165) is 34.2 Å². The van der Waals surface area contributed by atoms with Gasteiger partial charge < -0.3 is 5.11 Å². The highest BCUT2D eigenvalue weighted by Gasteiger charge is 2.12. The third kappa shape index (κ3) is 2.60. The van der Waals surface area contributed by atoms with Crippen molar-refractivity contribution < 1.29 is 5.11 Å². The second-order valence-corrected chi connectivity index (χ2v) is 5.91. The Morgan fingerprint density at radius 1 is 1.15 bits per heavy atom. The molecule has 3 heteroatoms. The second kappa shape index (κ2) is 5.73. The summed E-state index contributed by atoms with van der Waals surface area (Å²) in [6.45, 7) is 2.17. The van der Waals surface area contributed by atoms with E-state index in [2.05, 4.69) is 24.0 Å². The monoisotopic (exact) mass is 283 g/mol. The minimum Gasteiger partial charge on any atom is -0.384 e. The van der Waals surface area contributed by atoms with Crippen molar-refractivity contribution in [1.29, 1.82) is 0 Å². The number of benzene rings is 1. The molecule has 0 bridgehead atoms. The van der Waals surface area contributed by atoms with Gasteiger partial charge in [0.2, 0.25) is 0 Å². The molecule has 0 amide bonds. The molecule has 0 saturated heterocycles. The number of nitrogens with zero attached hydrogens (tertiary/aromatic N) is 1. The van der Waals surface area contributed by atoms with Gasteiger partial charge in [-0.15, -0.1) is 11.3 Å². The zero-order chi connectivity index (χ0) is 13.9.